The number of hydrogen-bond acceptors (Lipinski definition) is 3. The van der Waals surface area contributed by atoms with Crippen molar-refractivity contribution in [2.24, 2.45) is 0 Å². The van der Waals surface area contributed by atoms with Gasteiger partial charge in [-0.3, -0.25) is 0 Å². The van der Waals surface area contributed by atoms with E-state index in [1.807, 2.05) is 0 Å². The quantitative estimate of drug-likeness (QED) is 0.598. The van der Waals surface area contributed by atoms with E-state index in [2.05, 4.69) is 15.3 Å². The molecule has 1 aromatic heterocycles. The molecule has 1 aromatic rings. The van der Waals surface area contributed by atoms with Crippen LogP contribution in [-0.4, -0.2) is 16.5 Å². The average Bonchev–Trinajstić information content (AvgIpc) is 2.06. The number of rotatable bonds is 0. The molecule has 11 heavy (non-hydrogen) atoms. The van der Waals surface area contributed by atoms with Gasteiger partial charge in [-0.2, -0.15) is 0 Å². The molecule has 0 unspecified atom stereocenters. The van der Waals surface area contributed by atoms with E-state index in [0.717, 1.165) is 30.8 Å². The lowest BCUT2D eigenvalue weighted by atomic mass is 10.1. The third kappa shape index (κ3) is 1.16. The van der Waals surface area contributed by atoms with E-state index < -0.39 is 0 Å². The van der Waals surface area contributed by atoms with E-state index in [0.29, 0.717) is 5.15 Å². The Morgan fingerprint density at radius 1 is 1.45 bits per heavy atom. The number of aromatic nitrogens is 2. The Hall–Kier alpha value is -0.830. The first kappa shape index (κ1) is 6.85. The van der Waals surface area contributed by atoms with E-state index in [9.17, 15) is 0 Å². The molecule has 0 amide bonds. The Morgan fingerprint density at radius 3 is 3.18 bits per heavy atom. The number of anilines is 1. The van der Waals surface area contributed by atoms with Crippen molar-refractivity contribution in [2.45, 2.75) is 12.8 Å². The molecule has 2 rings (SSSR count). The summed E-state index contributed by atoms with van der Waals surface area (Å²) in [6, 6.07) is 0. The van der Waals surface area contributed by atoms with Crippen molar-refractivity contribution < 1.29 is 0 Å². The molecule has 1 aliphatic heterocycles. The number of nitrogens with zero attached hydrogens (tertiary/aromatic N) is 2. The maximum atomic E-state index is 5.83. The zero-order chi connectivity index (χ0) is 7.68. The van der Waals surface area contributed by atoms with Gasteiger partial charge in [-0.1, -0.05) is 11.6 Å². The van der Waals surface area contributed by atoms with Crippen molar-refractivity contribution in [1.29, 1.82) is 0 Å². The minimum Gasteiger partial charge on any atom is -0.381 e. The van der Waals surface area contributed by atoms with Crippen LogP contribution in [0.2, 0.25) is 5.15 Å². The molecule has 0 atom stereocenters. The first-order valence-corrected chi connectivity index (χ1v) is 3.99. The zero-order valence-corrected chi connectivity index (χ0v) is 6.73. The predicted octanol–water partition coefficient (Wildman–Crippen LogP) is 1.49. The highest BCUT2D eigenvalue weighted by Gasteiger charge is 2.12. The summed E-state index contributed by atoms with van der Waals surface area (Å²) in [4.78, 5) is 8.01. The molecule has 0 saturated heterocycles. The molecule has 0 fully saturated rings. The van der Waals surface area contributed by atoms with E-state index in [1.54, 1.807) is 0 Å². The summed E-state index contributed by atoms with van der Waals surface area (Å²) in [5.74, 6) is 0. The van der Waals surface area contributed by atoms with Crippen LogP contribution in [-0.2, 0) is 6.42 Å². The summed E-state index contributed by atoms with van der Waals surface area (Å²) >= 11 is 5.83. The summed E-state index contributed by atoms with van der Waals surface area (Å²) < 4.78 is 0. The van der Waals surface area contributed by atoms with Gasteiger partial charge in [0.25, 0.3) is 0 Å². The summed E-state index contributed by atoms with van der Waals surface area (Å²) in [6.45, 7) is 0.972. The number of fused-ring (bicyclic) bond motifs is 1. The van der Waals surface area contributed by atoms with E-state index in [1.165, 1.54) is 6.33 Å². The van der Waals surface area contributed by atoms with Crippen molar-refractivity contribution >= 4 is 17.3 Å². The van der Waals surface area contributed by atoms with Gasteiger partial charge in [-0.25, -0.2) is 9.97 Å². The van der Waals surface area contributed by atoms with Crippen LogP contribution in [0.4, 0.5) is 5.69 Å². The number of aryl methyl sites for hydroxylation is 1. The van der Waals surface area contributed by atoms with E-state index in [-0.39, 0.29) is 0 Å². The van der Waals surface area contributed by atoms with E-state index >= 15 is 0 Å². The fraction of sp³-hybridized carbons (Fsp3) is 0.429. The fourth-order valence-electron chi connectivity index (χ4n) is 1.23. The Morgan fingerprint density at radius 2 is 2.36 bits per heavy atom. The van der Waals surface area contributed by atoms with Gasteiger partial charge in [-0.05, 0) is 12.8 Å². The second-order valence-electron chi connectivity index (χ2n) is 2.52. The van der Waals surface area contributed by atoms with Crippen molar-refractivity contribution in [3.8, 4) is 0 Å². The molecular weight excluding hydrogens is 162 g/mol. The van der Waals surface area contributed by atoms with Crippen molar-refractivity contribution in [3.05, 3.63) is 17.2 Å². The van der Waals surface area contributed by atoms with Gasteiger partial charge >= 0.3 is 0 Å². The summed E-state index contributed by atoms with van der Waals surface area (Å²) in [5, 5.41) is 3.71. The van der Waals surface area contributed by atoms with Crippen LogP contribution in [0.5, 0.6) is 0 Å². The highest BCUT2D eigenvalue weighted by atomic mass is 35.5. The number of halogens is 1. The highest BCUT2D eigenvalue weighted by Crippen LogP contribution is 2.25. The average molecular weight is 170 g/mol. The number of nitrogens with one attached hydrogen (secondary N) is 1. The Balaban J connectivity index is 2.49. The SMILES string of the molecule is Clc1ncnc2c1NCCC2. The smallest absolute Gasteiger partial charge is 0.155 e. The molecule has 0 spiro atoms. The van der Waals surface area contributed by atoms with Crippen LogP contribution in [0, 0.1) is 0 Å². The predicted molar refractivity (Wildman–Crippen MR) is 43.9 cm³/mol. The Labute approximate surface area is 69.8 Å². The molecule has 1 aliphatic rings. The van der Waals surface area contributed by atoms with E-state index in [4.69, 9.17) is 11.6 Å². The lowest BCUT2D eigenvalue weighted by molar-refractivity contribution is 0.794. The Kier molecular flexibility index (Phi) is 1.66. The van der Waals surface area contributed by atoms with Crippen LogP contribution >= 0.6 is 11.6 Å². The van der Waals surface area contributed by atoms with Crippen LogP contribution in [0.25, 0.3) is 0 Å². The molecule has 0 bridgehead atoms. The molecular formula is C7H8ClN3. The first-order valence-electron chi connectivity index (χ1n) is 3.61. The van der Waals surface area contributed by atoms with Gasteiger partial charge in [0.05, 0.1) is 11.4 Å². The molecule has 3 nitrogen and oxygen atoms in total. The monoisotopic (exact) mass is 169 g/mol. The standard InChI is InChI=1S/C7H8ClN3/c8-7-6-5(10-4-11-7)2-1-3-9-6/h4,9H,1-3H2. The lowest BCUT2D eigenvalue weighted by Gasteiger charge is -2.16. The minimum atomic E-state index is 0.537. The van der Waals surface area contributed by atoms with Crippen LogP contribution in [0.15, 0.2) is 6.33 Å². The van der Waals surface area contributed by atoms with Crippen LogP contribution < -0.4 is 5.32 Å². The van der Waals surface area contributed by atoms with Crippen LogP contribution in [0.1, 0.15) is 12.1 Å². The largest absolute Gasteiger partial charge is 0.381 e. The second kappa shape index (κ2) is 2.66. The van der Waals surface area contributed by atoms with Crippen molar-refractivity contribution in [2.75, 3.05) is 11.9 Å². The molecule has 0 aliphatic carbocycles. The van der Waals surface area contributed by atoms with Gasteiger partial charge in [0.1, 0.15) is 6.33 Å². The maximum Gasteiger partial charge on any atom is 0.155 e. The Bertz CT molecular complexity index is 274. The molecule has 0 radical (unpaired) electrons. The maximum absolute atomic E-state index is 5.83. The van der Waals surface area contributed by atoms with Crippen molar-refractivity contribution in [1.82, 2.24) is 9.97 Å². The lowest BCUT2D eigenvalue weighted by Crippen LogP contribution is -2.13. The number of hydrogen-bond donors (Lipinski definition) is 1. The topological polar surface area (TPSA) is 37.8 Å². The molecule has 1 N–H and O–H groups in total. The van der Waals surface area contributed by atoms with Crippen molar-refractivity contribution in [3.63, 3.8) is 0 Å². The van der Waals surface area contributed by atoms with Gasteiger partial charge in [0.2, 0.25) is 0 Å². The molecule has 58 valence electrons. The third-order valence-corrected chi connectivity index (χ3v) is 2.06. The highest BCUT2D eigenvalue weighted by molar-refractivity contribution is 6.32. The van der Waals surface area contributed by atoms with Crippen LogP contribution in [0.3, 0.4) is 0 Å². The minimum absolute atomic E-state index is 0.537. The fourth-order valence-corrected chi connectivity index (χ4v) is 1.45. The summed E-state index contributed by atoms with van der Waals surface area (Å²) in [7, 11) is 0. The van der Waals surface area contributed by atoms with Gasteiger partial charge in [0.15, 0.2) is 5.15 Å². The molecule has 2 heterocycles. The zero-order valence-electron chi connectivity index (χ0n) is 5.97. The van der Waals surface area contributed by atoms with Gasteiger partial charge in [0, 0.05) is 6.54 Å². The van der Waals surface area contributed by atoms with Gasteiger partial charge < -0.3 is 5.32 Å². The molecule has 4 heteroatoms. The molecule has 0 saturated carbocycles. The molecule has 0 aromatic carbocycles. The van der Waals surface area contributed by atoms with Gasteiger partial charge in [-0.15, -0.1) is 0 Å². The normalized spacial score (nSPS) is 15.4. The first-order chi connectivity index (χ1) is 5.38. The third-order valence-electron chi connectivity index (χ3n) is 1.77. The summed E-state index contributed by atoms with van der Waals surface area (Å²) in [6.07, 6.45) is 3.64. The summed E-state index contributed by atoms with van der Waals surface area (Å²) in [5.41, 5.74) is 1.96. The second-order valence-corrected chi connectivity index (χ2v) is 2.87.